The molecule has 1 rings (SSSR count). The second kappa shape index (κ2) is 6.26. The third-order valence-corrected chi connectivity index (χ3v) is 2.79. The Morgan fingerprint density at radius 3 is 2.53 bits per heavy atom. The quantitative estimate of drug-likeness (QED) is 0.893. The highest BCUT2D eigenvalue weighted by molar-refractivity contribution is 5.94. The number of benzene rings is 1. The molecular formula is C13H15F2NO3. The largest absolute Gasteiger partial charge is 0.481 e. The van der Waals surface area contributed by atoms with Crippen LogP contribution in [0.25, 0.3) is 0 Å². The zero-order chi connectivity index (χ0) is 14.6. The second-order valence-electron chi connectivity index (χ2n) is 4.14. The van der Waals surface area contributed by atoms with Crippen LogP contribution in [0.1, 0.15) is 30.6 Å². The number of carbonyl (C=O) groups is 2. The summed E-state index contributed by atoms with van der Waals surface area (Å²) in [4.78, 5) is 23.9. The molecule has 0 aliphatic rings. The summed E-state index contributed by atoms with van der Waals surface area (Å²) in [5.74, 6) is -4.09. The summed E-state index contributed by atoms with van der Waals surface area (Å²) in [6, 6.07) is 2.74. The van der Waals surface area contributed by atoms with Crippen molar-refractivity contribution in [2.45, 2.75) is 26.3 Å². The van der Waals surface area contributed by atoms with Crippen molar-refractivity contribution in [3.63, 3.8) is 0 Å². The average molecular weight is 271 g/mol. The fourth-order valence-corrected chi connectivity index (χ4v) is 1.84. The lowest BCUT2D eigenvalue weighted by Gasteiger charge is -2.27. The maximum atomic E-state index is 13.5. The van der Waals surface area contributed by atoms with Gasteiger partial charge in [-0.2, -0.15) is 0 Å². The van der Waals surface area contributed by atoms with Crippen molar-refractivity contribution in [3.8, 4) is 0 Å². The number of amides is 1. The van der Waals surface area contributed by atoms with Crippen molar-refractivity contribution in [2.75, 3.05) is 6.54 Å². The van der Waals surface area contributed by atoms with Gasteiger partial charge in [-0.15, -0.1) is 0 Å². The Hall–Kier alpha value is -1.98. The van der Waals surface area contributed by atoms with E-state index in [0.29, 0.717) is 0 Å². The number of aliphatic carboxylic acids is 1. The summed E-state index contributed by atoms with van der Waals surface area (Å²) >= 11 is 0. The van der Waals surface area contributed by atoms with Crippen LogP contribution >= 0.6 is 0 Å². The number of carbonyl (C=O) groups excluding carboxylic acids is 1. The molecule has 0 aromatic heterocycles. The van der Waals surface area contributed by atoms with Crippen LogP contribution in [0, 0.1) is 11.6 Å². The van der Waals surface area contributed by atoms with Crippen LogP contribution in [0.15, 0.2) is 18.2 Å². The molecule has 0 saturated carbocycles. The Morgan fingerprint density at radius 1 is 1.37 bits per heavy atom. The molecule has 0 bridgehead atoms. The molecule has 104 valence electrons. The van der Waals surface area contributed by atoms with Gasteiger partial charge in [0.1, 0.15) is 0 Å². The van der Waals surface area contributed by atoms with Crippen LogP contribution < -0.4 is 0 Å². The molecule has 0 aliphatic carbocycles. The molecule has 0 radical (unpaired) electrons. The Balaban J connectivity index is 3.02. The summed E-state index contributed by atoms with van der Waals surface area (Å²) in [7, 11) is 0. The van der Waals surface area contributed by atoms with E-state index in [2.05, 4.69) is 0 Å². The first-order valence-electron chi connectivity index (χ1n) is 5.85. The first-order chi connectivity index (χ1) is 8.88. The van der Waals surface area contributed by atoms with Crippen molar-refractivity contribution >= 4 is 11.9 Å². The number of halogens is 2. The van der Waals surface area contributed by atoms with Crippen LogP contribution in [-0.4, -0.2) is 34.5 Å². The molecule has 0 saturated heterocycles. The van der Waals surface area contributed by atoms with Crippen LogP contribution in [0.3, 0.4) is 0 Å². The highest BCUT2D eigenvalue weighted by Gasteiger charge is 2.25. The molecule has 1 atom stereocenters. The van der Waals surface area contributed by atoms with E-state index < -0.39 is 29.6 Å². The number of carboxylic acid groups (broad SMARTS) is 1. The Kier molecular flexibility index (Phi) is 4.97. The van der Waals surface area contributed by atoms with Crippen LogP contribution in [0.4, 0.5) is 8.78 Å². The van der Waals surface area contributed by atoms with E-state index in [1.165, 1.54) is 17.0 Å². The van der Waals surface area contributed by atoms with E-state index in [-0.39, 0.29) is 18.5 Å². The SMILES string of the molecule is CCN(C(=O)c1cccc(F)c1F)C(C)CC(=O)O. The minimum Gasteiger partial charge on any atom is -0.481 e. The Bertz CT molecular complexity index is 491. The van der Waals surface area contributed by atoms with Crippen molar-refractivity contribution in [3.05, 3.63) is 35.4 Å². The van der Waals surface area contributed by atoms with Crippen molar-refractivity contribution < 1.29 is 23.5 Å². The molecule has 1 unspecified atom stereocenters. The van der Waals surface area contributed by atoms with Crippen molar-refractivity contribution in [2.24, 2.45) is 0 Å². The van der Waals surface area contributed by atoms with Gasteiger partial charge < -0.3 is 10.0 Å². The van der Waals surface area contributed by atoms with Gasteiger partial charge in [0.15, 0.2) is 11.6 Å². The molecule has 0 heterocycles. The molecule has 1 aromatic rings. The van der Waals surface area contributed by atoms with E-state index in [1.54, 1.807) is 13.8 Å². The van der Waals surface area contributed by atoms with E-state index in [0.717, 1.165) is 6.07 Å². The third-order valence-electron chi connectivity index (χ3n) is 2.79. The number of carboxylic acids is 1. The third kappa shape index (κ3) is 3.49. The topological polar surface area (TPSA) is 57.6 Å². The Labute approximate surface area is 109 Å². The fraction of sp³-hybridized carbons (Fsp3) is 0.385. The van der Waals surface area contributed by atoms with Crippen molar-refractivity contribution in [1.29, 1.82) is 0 Å². The predicted octanol–water partition coefficient (Wildman–Crippen LogP) is 2.29. The van der Waals surface area contributed by atoms with Crippen LogP contribution in [0.2, 0.25) is 0 Å². The summed E-state index contributed by atoms with van der Waals surface area (Å²) < 4.78 is 26.6. The first kappa shape index (κ1) is 15.1. The van der Waals surface area contributed by atoms with Gasteiger partial charge in [-0.1, -0.05) is 6.07 Å². The zero-order valence-electron chi connectivity index (χ0n) is 10.7. The summed E-state index contributed by atoms with van der Waals surface area (Å²) in [5.41, 5.74) is -0.390. The normalized spacial score (nSPS) is 12.0. The fourth-order valence-electron chi connectivity index (χ4n) is 1.84. The summed E-state index contributed by atoms with van der Waals surface area (Å²) in [6.45, 7) is 3.41. The summed E-state index contributed by atoms with van der Waals surface area (Å²) in [5, 5.41) is 8.71. The molecule has 6 heteroatoms. The zero-order valence-corrected chi connectivity index (χ0v) is 10.7. The van der Waals surface area contributed by atoms with Gasteiger partial charge in [-0.25, -0.2) is 8.78 Å². The second-order valence-corrected chi connectivity index (χ2v) is 4.14. The number of hydrogen-bond donors (Lipinski definition) is 1. The van der Waals surface area contributed by atoms with Crippen molar-refractivity contribution in [1.82, 2.24) is 4.90 Å². The molecule has 1 amide bonds. The molecule has 1 aromatic carbocycles. The first-order valence-corrected chi connectivity index (χ1v) is 5.85. The molecule has 4 nitrogen and oxygen atoms in total. The van der Waals surface area contributed by atoms with Gasteiger partial charge in [0.25, 0.3) is 5.91 Å². The van der Waals surface area contributed by atoms with Crippen LogP contribution in [0.5, 0.6) is 0 Å². The predicted molar refractivity (Wildman–Crippen MR) is 64.8 cm³/mol. The van der Waals surface area contributed by atoms with E-state index in [4.69, 9.17) is 5.11 Å². The molecule has 0 spiro atoms. The minimum absolute atomic E-state index is 0.212. The van der Waals surface area contributed by atoms with Gasteiger partial charge in [0, 0.05) is 12.6 Å². The maximum Gasteiger partial charge on any atom is 0.305 e. The monoisotopic (exact) mass is 271 g/mol. The lowest BCUT2D eigenvalue weighted by Crippen LogP contribution is -2.40. The van der Waals surface area contributed by atoms with E-state index in [9.17, 15) is 18.4 Å². The Morgan fingerprint density at radius 2 is 2.00 bits per heavy atom. The molecule has 1 N–H and O–H groups in total. The average Bonchev–Trinajstić information content (AvgIpc) is 2.32. The minimum atomic E-state index is -1.21. The number of rotatable bonds is 5. The maximum absolute atomic E-state index is 13.5. The highest BCUT2D eigenvalue weighted by Crippen LogP contribution is 2.16. The smallest absolute Gasteiger partial charge is 0.305 e. The van der Waals surface area contributed by atoms with Crippen LogP contribution in [-0.2, 0) is 4.79 Å². The molecule has 0 aliphatic heterocycles. The summed E-state index contributed by atoms with van der Waals surface area (Å²) in [6.07, 6.45) is -0.253. The molecular weight excluding hydrogens is 256 g/mol. The number of hydrogen-bond acceptors (Lipinski definition) is 2. The number of nitrogens with zero attached hydrogens (tertiary/aromatic N) is 1. The van der Waals surface area contributed by atoms with Gasteiger partial charge in [-0.05, 0) is 26.0 Å². The standard InChI is InChI=1S/C13H15F2NO3/c1-3-16(8(2)7-11(17)18)13(19)9-5-4-6-10(14)12(9)15/h4-6,8H,3,7H2,1-2H3,(H,17,18). The highest BCUT2D eigenvalue weighted by atomic mass is 19.2. The lowest BCUT2D eigenvalue weighted by molar-refractivity contribution is -0.138. The molecule has 0 fully saturated rings. The van der Waals surface area contributed by atoms with E-state index >= 15 is 0 Å². The van der Waals surface area contributed by atoms with Gasteiger partial charge >= 0.3 is 5.97 Å². The van der Waals surface area contributed by atoms with E-state index in [1.807, 2.05) is 0 Å². The lowest BCUT2D eigenvalue weighted by atomic mass is 10.1. The molecule has 19 heavy (non-hydrogen) atoms. The van der Waals surface area contributed by atoms with Gasteiger partial charge in [-0.3, -0.25) is 9.59 Å². The van der Waals surface area contributed by atoms with Gasteiger partial charge in [0.2, 0.25) is 0 Å². The van der Waals surface area contributed by atoms with Gasteiger partial charge in [0.05, 0.1) is 12.0 Å².